The van der Waals surface area contributed by atoms with Gasteiger partial charge in [0.25, 0.3) is 0 Å². The molecule has 1 aliphatic heterocycles. The smallest absolute Gasteiger partial charge is 0.123 e. The van der Waals surface area contributed by atoms with Gasteiger partial charge in [0.15, 0.2) is 0 Å². The predicted molar refractivity (Wildman–Crippen MR) is 80.5 cm³/mol. The van der Waals surface area contributed by atoms with E-state index in [-0.39, 0.29) is 0 Å². The van der Waals surface area contributed by atoms with Crippen molar-refractivity contribution in [3.05, 3.63) is 29.0 Å². The molecule has 1 saturated heterocycles. The van der Waals surface area contributed by atoms with Crippen LogP contribution in [0.2, 0.25) is 0 Å². The summed E-state index contributed by atoms with van der Waals surface area (Å²) in [6.07, 6.45) is 8.20. The maximum Gasteiger partial charge on any atom is 0.123 e. The molecule has 1 unspecified atom stereocenters. The standard InChI is InChI=1S/C15H21N3S/c1-2-11-7-8-14(19-11)13-10-17-15(18-13)12-6-4-3-5-9-16-12/h7-8,10,12,16H,2-6,9H2,1H3,(H,17,18). The number of aryl methyl sites for hydroxylation is 1. The number of H-pyrrole nitrogens is 1. The van der Waals surface area contributed by atoms with Crippen molar-refractivity contribution in [2.24, 2.45) is 0 Å². The molecule has 0 amide bonds. The van der Waals surface area contributed by atoms with Crippen molar-refractivity contribution in [3.8, 4) is 10.6 Å². The van der Waals surface area contributed by atoms with E-state index in [1.807, 2.05) is 17.5 Å². The minimum Gasteiger partial charge on any atom is -0.340 e. The number of aromatic nitrogens is 2. The normalized spacial score (nSPS) is 20.4. The van der Waals surface area contributed by atoms with Crippen LogP contribution in [0.15, 0.2) is 18.3 Å². The Balaban J connectivity index is 1.78. The fourth-order valence-corrected chi connectivity index (χ4v) is 3.53. The number of rotatable bonds is 3. The van der Waals surface area contributed by atoms with Crippen LogP contribution in [0, 0.1) is 0 Å². The third kappa shape index (κ3) is 2.90. The highest BCUT2D eigenvalue weighted by molar-refractivity contribution is 7.15. The number of hydrogen-bond acceptors (Lipinski definition) is 3. The summed E-state index contributed by atoms with van der Waals surface area (Å²) in [6.45, 7) is 3.31. The fraction of sp³-hybridized carbons (Fsp3) is 0.533. The molecule has 0 bridgehead atoms. The Labute approximate surface area is 118 Å². The van der Waals surface area contributed by atoms with Crippen molar-refractivity contribution in [1.29, 1.82) is 0 Å². The lowest BCUT2D eigenvalue weighted by Crippen LogP contribution is -2.21. The monoisotopic (exact) mass is 275 g/mol. The van der Waals surface area contributed by atoms with Gasteiger partial charge in [-0.1, -0.05) is 19.8 Å². The highest BCUT2D eigenvalue weighted by atomic mass is 32.1. The summed E-state index contributed by atoms with van der Waals surface area (Å²) < 4.78 is 0. The van der Waals surface area contributed by atoms with Gasteiger partial charge in [0.2, 0.25) is 0 Å². The first-order valence-corrected chi connectivity index (χ1v) is 8.06. The van der Waals surface area contributed by atoms with Crippen LogP contribution in [-0.2, 0) is 6.42 Å². The van der Waals surface area contributed by atoms with Crippen LogP contribution in [-0.4, -0.2) is 16.5 Å². The molecular formula is C15H21N3S. The lowest BCUT2D eigenvalue weighted by atomic mass is 10.1. The Bertz CT molecular complexity index is 521. The molecule has 0 saturated carbocycles. The molecule has 2 N–H and O–H groups in total. The maximum absolute atomic E-state index is 4.58. The zero-order chi connectivity index (χ0) is 13.1. The van der Waals surface area contributed by atoms with E-state index in [0.717, 1.165) is 24.5 Å². The second kappa shape index (κ2) is 5.88. The molecule has 2 aromatic heterocycles. The Morgan fingerprint density at radius 2 is 2.26 bits per heavy atom. The first kappa shape index (κ1) is 12.9. The highest BCUT2D eigenvalue weighted by Crippen LogP contribution is 2.29. The number of thiophene rings is 1. The Morgan fingerprint density at radius 3 is 3.11 bits per heavy atom. The van der Waals surface area contributed by atoms with Gasteiger partial charge in [0.05, 0.1) is 22.8 Å². The van der Waals surface area contributed by atoms with Crippen LogP contribution in [0.1, 0.15) is 49.4 Å². The molecule has 1 fully saturated rings. The second-order valence-corrected chi connectivity index (χ2v) is 6.33. The summed E-state index contributed by atoms with van der Waals surface area (Å²) in [6, 6.07) is 4.81. The number of imidazole rings is 1. The van der Waals surface area contributed by atoms with E-state index in [0.29, 0.717) is 6.04 Å². The van der Waals surface area contributed by atoms with Gasteiger partial charge in [-0.3, -0.25) is 0 Å². The van der Waals surface area contributed by atoms with E-state index in [1.165, 1.54) is 35.4 Å². The largest absolute Gasteiger partial charge is 0.340 e. The van der Waals surface area contributed by atoms with E-state index in [9.17, 15) is 0 Å². The van der Waals surface area contributed by atoms with Crippen molar-refractivity contribution >= 4 is 11.3 Å². The Morgan fingerprint density at radius 1 is 1.32 bits per heavy atom. The molecule has 19 heavy (non-hydrogen) atoms. The average molecular weight is 275 g/mol. The number of aromatic amines is 1. The zero-order valence-electron chi connectivity index (χ0n) is 11.4. The molecule has 1 aliphatic rings. The summed E-state index contributed by atoms with van der Waals surface area (Å²) in [5.74, 6) is 1.10. The number of nitrogens with one attached hydrogen (secondary N) is 2. The van der Waals surface area contributed by atoms with E-state index in [2.05, 4.69) is 34.3 Å². The van der Waals surface area contributed by atoms with E-state index in [1.54, 1.807) is 0 Å². The molecule has 1 atom stereocenters. The van der Waals surface area contributed by atoms with Crippen molar-refractivity contribution in [2.45, 2.75) is 45.1 Å². The summed E-state index contributed by atoms with van der Waals surface area (Å²) in [5, 5.41) is 3.59. The minimum atomic E-state index is 0.404. The van der Waals surface area contributed by atoms with Crippen LogP contribution in [0.3, 0.4) is 0 Å². The van der Waals surface area contributed by atoms with Crippen LogP contribution in [0.4, 0.5) is 0 Å². The SMILES string of the molecule is CCc1ccc(-c2cnc(C3CCCCCN3)[nH]2)s1. The highest BCUT2D eigenvalue weighted by Gasteiger charge is 2.17. The Hall–Kier alpha value is -1.13. The summed E-state index contributed by atoms with van der Waals surface area (Å²) in [4.78, 5) is 10.8. The number of nitrogens with zero attached hydrogens (tertiary/aromatic N) is 1. The van der Waals surface area contributed by atoms with Gasteiger partial charge in [-0.25, -0.2) is 4.98 Å². The van der Waals surface area contributed by atoms with Gasteiger partial charge in [-0.2, -0.15) is 0 Å². The molecule has 2 aromatic rings. The molecule has 3 nitrogen and oxygen atoms in total. The van der Waals surface area contributed by atoms with Crippen LogP contribution in [0.25, 0.3) is 10.6 Å². The molecule has 102 valence electrons. The molecule has 0 radical (unpaired) electrons. The van der Waals surface area contributed by atoms with Gasteiger partial charge in [-0.15, -0.1) is 11.3 Å². The van der Waals surface area contributed by atoms with Gasteiger partial charge in [0, 0.05) is 4.88 Å². The van der Waals surface area contributed by atoms with E-state index < -0.39 is 0 Å². The van der Waals surface area contributed by atoms with Crippen molar-refractivity contribution < 1.29 is 0 Å². The molecule has 0 aliphatic carbocycles. The minimum absolute atomic E-state index is 0.404. The molecule has 0 spiro atoms. The van der Waals surface area contributed by atoms with E-state index in [4.69, 9.17) is 0 Å². The molecule has 3 heterocycles. The van der Waals surface area contributed by atoms with Gasteiger partial charge in [-0.05, 0) is 37.9 Å². The van der Waals surface area contributed by atoms with Crippen LogP contribution < -0.4 is 5.32 Å². The van der Waals surface area contributed by atoms with Gasteiger partial charge in [0.1, 0.15) is 5.82 Å². The van der Waals surface area contributed by atoms with Gasteiger partial charge >= 0.3 is 0 Å². The maximum atomic E-state index is 4.58. The molecule has 0 aromatic carbocycles. The first-order valence-electron chi connectivity index (χ1n) is 7.24. The van der Waals surface area contributed by atoms with Crippen molar-refractivity contribution in [3.63, 3.8) is 0 Å². The van der Waals surface area contributed by atoms with Gasteiger partial charge < -0.3 is 10.3 Å². The van der Waals surface area contributed by atoms with Crippen molar-refractivity contribution in [1.82, 2.24) is 15.3 Å². The number of hydrogen-bond donors (Lipinski definition) is 2. The lowest BCUT2D eigenvalue weighted by molar-refractivity contribution is 0.512. The summed E-state index contributed by atoms with van der Waals surface area (Å²) >= 11 is 1.86. The molecule has 4 heteroatoms. The average Bonchev–Trinajstić information content (AvgIpc) is 3.02. The quantitative estimate of drug-likeness (QED) is 0.891. The molecule has 3 rings (SSSR count). The van der Waals surface area contributed by atoms with Crippen LogP contribution >= 0.6 is 11.3 Å². The summed E-state index contributed by atoms with van der Waals surface area (Å²) in [5.41, 5.74) is 1.16. The predicted octanol–water partition coefficient (Wildman–Crippen LogP) is 3.91. The molecular weight excluding hydrogens is 254 g/mol. The second-order valence-electron chi connectivity index (χ2n) is 5.16. The third-order valence-corrected chi connectivity index (χ3v) is 5.02. The van der Waals surface area contributed by atoms with E-state index >= 15 is 0 Å². The topological polar surface area (TPSA) is 40.7 Å². The van der Waals surface area contributed by atoms with Crippen LogP contribution in [0.5, 0.6) is 0 Å². The first-order chi connectivity index (χ1) is 9.36. The third-order valence-electron chi connectivity index (χ3n) is 3.76. The zero-order valence-corrected chi connectivity index (χ0v) is 12.2. The Kier molecular flexibility index (Phi) is 3.99. The summed E-state index contributed by atoms with van der Waals surface area (Å²) in [7, 11) is 0. The fourth-order valence-electron chi connectivity index (χ4n) is 2.61. The van der Waals surface area contributed by atoms with Crippen molar-refractivity contribution in [2.75, 3.05) is 6.54 Å². The lowest BCUT2D eigenvalue weighted by Gasteiger charge is -2.12.